The number of alkyl halides is 3. The summed E-state index contributed by atoms with van der Waals surface area (Å²) in [7, 11) is -1.66. The number of halogens is 3. The monoisotopic (exact) mass is 380 g/mol. The molecule has 0 aliphatic rings. The van der Waals surface area contributed by atoms with Crippen LogP contribution in [0.4, 0.5) is 13.2 Å². The third-order valence-electron chi connectivity index (χ3n) is 3.29. The molecule has 0 radical (unpaired) electrons. The molecule has 0 bridgehead atoms. The van der Waals surface area contributed by atoms with Gasteiger partial charge in [0.15, 0.2) is 5.96 Å². The van der Waals surface area contributed by atoms with Gasteiger partial charge in [-0.1, -0.05) is 12.1 Å². The number of hydrogen-bond acceptors (Lipinski definition) is 3. The van der Waals surface area contributed by atoms with Crippen LogP contribution < -0.4 is 15.4 Å². The molecule has 0 spiro atoms. The number of nitrogens with one attached hydrogen (secondary N) is 3. The summed E-state index contributed by atoms with van der Waals surface area (Å²) in [5, 5.41) is 5.89. The molecule has 10 heteroatoms. The smallest absolute Gasteiger partial charge is 0.356 e. The molecule has 1 aromatic rings. The van der Waals surface area contributed by atoms with Crippen LogP contribution in [0.2, 0.25) is 0 Å². The van der Waals surface area contributed by atoms with Crippen LogP contribution in [0.15, 0.2) is 29.3 Å². The van der Waals surface area contributed by atoms with E-state index in [1.54, 1.807) is 20.0 Å². The summed E-state index contributed by atoms with van der Waals surface area (Å²) in [4.78, 5) is 3.97. The summed E-state index contributed by atoms with van der Waals surface area (Å²) in [6, 6.07) is 5.05. The predicted molar refractivity (Wildman–Crippen MR) is 91.7 cm³/mol. The van der Waals surface area contributed by atoms with Gasteiger partial charge in [0.2, 0.25) is 10.0 Å². The fourth-order valence-corrected chi connectivity index (χ4v) is 2.55. The van der Waals surface area contributed by atoms with Gasteiger partial charge in [-0.2, -0.15) is 13.2 Å². The quantitative estimate of drug-likeness (QED) is 0.364. The van der Waals surface area contributed by atoms with E-state index in [1.807, 2.05) is 0 Å². The largest absolute Gasteiger partial charge is 0.416 e. The van der Waals surface area contributed by atoms with Gasteiger partial charge in [-0.25, -0.2) is 13.1 Å². The Bertz CT molecular complexity index is 676. The first-order chi connectivity index (χ1) is 11.7. The molecule has 0 amide bonds. The maximum atomic E-state index is 12.7. The van der Waals surface area contributed by atoms with Gasteiger partial charge < -0.3 is 10.6 Å². The Labute approximate surface area is 146 Å². The van der Waals surface area contributed by atoms with Crippen molar-refractivity contribution < 1.29 is 21.6 Å². The van der Waals surface area contributed by atoms with Gasteiger partial charge in [0.25, 0.3) is 0 Å². The van der Waals surface area contributed by atoms with E-state index in [0.29, 0.717) is 31.0 Å². The number of nitrogens with zero attached hydrogens (tertiary/aromatic N) is 1. The van der Waals surface area contributed by atoms with Gasteiger partial charge >= 0.3 is 6.18 Å². The molecule has 3 N–H and O–H groups in total. The van der Waals surface area contributed by atoms with Crippen molar-refractivity contribution in [1.82, 2.24) is 15.4 Å². The number of aliphatic imine (C=N–C) groups is 1. The summed E-state index contributed by atoms with van der Waals surface area (Å²) in [5.41, 5.74) is -0.216. The zero-order valence-corrected chi connectivity index (χ0v) is 15.0. The van der Waals surface area contributed by atoms with Crippen molar-refractivity contribution in [1.29, 1.82) is 0 Å². The lowest BCUT2D eigenvalue weighted by Gasteiger charge is -2.13. The molecule has 0 aromatic heterocycles. The molecule has 1 rings (SSSR count). The summed E-state index contributed by atoms with van der Waals surface area (Å²) in [6.07, 6.45) is -3.83. The van der Waals surface area contributed by atoms with Crippen LogP contribution in [-0.4, -0.2) is 40.3 Å². The lowest BCUT2D eigenvalue weighted by Crippen LogP contribution is -2.38. The molecular weight excluding hydrogens is 357 g/mol. The second-order valence-corrected chi connectivity index (χ2v) is 7.30. The zero-order valence-electron chi connectivity index (χ0n) is 14.2. The molecule has 0 aliphatic carbocycles. The van der Waals surface area contributed by atoms with E-state index in [0.717, 1.165) is 12.1 Å². The van der Waals surface area contributed by atoms with E-state index in [-0.39, 0.29) is 12.3 Å². The Morgan fingerprint density at radius 2 is 1.92 bits per heavy atom. The molecule has 6 nitrogen and oxygen atoms in total. The first-order valence-corrected chi connectivity index (χ1v) is 9.41. The van der Waals surface area contributed by atoms with E-state index in [2.05, 4.69) is 20.3 Å². The molecule has 0 unspecified atom stereocenters. The summed E-state index contributed by atoms with van der Waals surface area (Å²) >= 11 is 0. The number of hydrogen-bond donors (Lipinski definition) is 3. The second-order valence-electron chi connectivity index (χ2n) is 5.20. The highest BCUT2D eigenvalue weighted by Gasteiger charge is 2.30. The Balaban J connectivity index is 2.40. The molecule has 0 saturated heterocycles. The van der Waals surface area contributed by atoms with Crippen LogP contribution in [0.3, 0.4) is 0 Å². The van der Waals surface area contributed by atoms with Crippen LogP contribution >= 0.6 is 0 Å². The Morgan fingerprint density at radius 1 is 1.20 bits per heavy atom. The lowest BCUT2D eigenvalue weighted by molar-refractivity contribution is -0.137. The van der Waals surface area contributed by atoms with Gasteiger partial charge in [0.05, 0.1) is 11.3 Å². The summed E-state index contributed by atoms with van der Waals surface area (Å²) in [6.45, 7) is 2.51. The third-order valence-corrected chi connectivity index (χ3v) is 4.69. The van der Waals surface area contributed by atoms with Gasteiger partial charge in [-0.15, -0.1) is 0 Å². The average Bonchev–Trinajstić information content (AvgIpc) is 2.56. The van der Waals surface area contributed by atoms with E-state index in [4.69, 9.17) is 0 Å². The van der Waals surface area contributed by atoms with Crippen LogP contribution in [0.25, 0.3) is 0 Å². The Hall–Kier alpha value is -1.81. The van der Waals surface area contributed by atoms with Crippen LogP contribution in [0.1, 0.15) is 24.5 Å². The van der Waals surface area contributed by atoms with Crippen LogP contribution in [0, 0.1) is 0 Å². The van der Waals surface area contributed by atoms with E-state index in [1.165, 1.54) is 6.07 Å². The maximum Gasteiger partial charge on any atom is 0.416 e. The van der Waals surface area contributed by atoms with Crippen LogP contribution in [0.5, 0.6) is 0 Å². The molecule has 0 saturated carbocycles. The fourth-order valence-electron chi connectivity index (χ4n) is 1.89. The van der Waals surface area contributed by atoms with E-state index < -0.39 is 21.8 Å². The summed E-state index contributed by atoms with van der Waals surface area (Å²) in [5.74, 6) is 0.455. The molecule has 0 aliphatic heterocycles. The van der Waals surface area contributed by atoms with Gasteiger partial charge in [-0.05, 0) is 31.0 Å². The van der Waals surface area contributed by atoms with Gasteiger partial charge in [0.1, 0.15) is 0 Å². The zero-order chi connectivity index (χ0) is 18.9. The van der Waals surface area contributed by atoms with Crippen molar-refractivity contribution in [2.24, 2.45) is 4.99 Å². The molecule has 142 valence electrons. The minimum atomic E-state index is -4.37. The highest BCUT2D eigenvalue weighted by atomic mass is 32.2. The highest BCUT2D eigenvalue weighted by Crippen LogP contribution is 2.29. The second kappa shape index (κ2) is 9.62. The predicted octanol–water partition coefficient (Wildman–Crippen LogP) is 1.70. The first-order valence-electron chi connectivity index (χ1n) is 7.76. The summed E-state index contributed by atoms with van der Waals surface area (Å²) < 4.78 is 63.0. The topological polar surface area (TPSA) is 82.6 Å². The number of sulfonamides is 1. The number of guanidine groups is 1. The standard InChI is InChI=1S/C15H23F3N4O2S/c1-3-25(23,24)22-9-5-8-20-14(19-2)21-11-12-6-4-7-13(10-12)15(16,17)18/h4,6-7,10,22H,3,5,8-9,11H2,1-2H3,(H2,19,20,21). The van der Waals surface area contributed by atoms with Crippen molar-refractivity contribution in [3.05, 3.63) is 35.4 Å². The van der Waals surface area contributed by atoms with Crippen molar-refractivity contribution >= 4 is 16.0 Å². The fraction of sp³-hybridized carbons (Fsp3) is 0.533. The maximum absolute atomic E-state index is 12.7. The SMILES string of the molecule is CCS(=O)(=O)NCCCNC(=NC)NCc1cccc(C(F)(F)F)c1. The molecule has 0 fully saturated rings. The minimum absolute atomic E-state index is 0.0284. The normalized spacial score (nSPS) is 12.9. The van der Waals surface area contributed by atoms with Crippen molar-refractivity contribution in [2.75, 3.05) is 25.9 Å². The van der Waals surface area contributed by atoms with Gasteiger partial charge in [-0.3, -0.25) is 4.99 Å². The van der Waals surface area contributed by atoms with Gasteiger partial charge in [0, 0.05) is 26.7 Å². The average molecular weight is 380 g/mol. The Kier molecular flexibility index (Phi) is 8.17. The molecule has 1 aromatic carbocycles. The number of benzene rings is 1. The third kappa shape index (κ3) is 8.21. The Morgan fingerprint density at radius 3 is 2.52 bits per heavy atom. The highest BCUT2D eigenvalue weighted by molar-refractivity contribution is 7.89. The molecule has 25 heavy (non-hydrogen) atoms. The van der Waals surface area contributed by atoms with Crippen LogP contribution in [-0.2, 0) is 22.7 Å². The van der Waals surface area contributed by atoms with Crippen molar-refractivity contribution in [2.45, 2.75) is 26.1 Å². The van der Waals surface area contributed by atoms with E-state index in [9.17, 15) is 21.6 Å². The van der Waals surface area contributed by atoms with Crippen molar-refractivity contribution in [3.63, 3.8) is 0 Å². The molecule has 0 heterocycles. The van der Waals surface area contributed by atoms with E-state index >= 15 is 0 Å². The lowest BCUT2D eigenvalue weighted by atomic mass is 10.1. The molecular formula is C15H23F3N4O2S. The van der Waals surface area contributed by atoms with Crippen molar-refractivity contribution in [3.8, 4) is 0 Å². The first kappa shape index (κ1) is 21.2. The number of rotatable bonds is 8. The minimum Gasteiger partial charge on any atom is -0.356 e. The molecule has 0 atom stereocenters.